The molecule has 2 aromatic carbocycles. The summed E-state index contributed by atoms with van der Waals surface area (Å²) in [7, 11) is 0. The first-order valence-corrected chi connectivity index (χ1v) is 7.80. The smallest absolute Gasteiger partial charge is 0.363 e. The van der Waals surface area contributed by atoms with Crippen molar-refractivity contribution in [3.8, 4) is 5.75 Å². The van der Waals surface area contributed by atoms with Gasteiger partial charge in [0, 0.05) is 5.56 Å². The van der Waals surface area contributed by atoms with Gasteiger partial charge in [-0.3, -0.25) is 5.43 Å². The zero-order valence-electron chi connectivity index (χ0n) is 13.9. The summed E-state index contributed by atoms with van der Waals surface area (Å²) < 4.78 is 19.2. The first kappa shape index (κ1) is 17.3. The number of hydrogen-bond acceptors (Lipinski definition) is 6. The predicted molar refractivity (Wildman–Crippen MR) is 95.8 cm³/mol. The number of H-pyrrole nitrogens is 1. The molecule has 26 heavy (non-hydrogen) atoms. The monoisotopic (exact) mass is 353 g/mol. The van der Waals surface area contributed by atoms with Gasteiger partial charge in [-0.25, -0.2) is 14.3 Å². The van der Waals surface area contributed by atoms with Crippen molar-refractivity contribution in [1.82, 2.24) is 15.2 Å². The fourth-order valence-corrected chi connectivity index (χ4v) is 2.13. The number of aromatic nitrogens is 3. The van der Waals surface area contributed by atoms with Crippen LogP contribution in [-0.4, -0.2) is 21.4 Å². The third kappa shape index (κ3) is 4.50. The first-order chi connectivity index (χ1) is 12.6. The van der Waals surface area contributed by atoms with Crippen molar-refractivity contribution in [2.24, 2.45) is 5.10 Å². The second-order valence-electron chi connectivity index (χ2n) is 5.40. The summed E-state index contributed by atoms with van der Waals surface area (Å²) in [5.41, 5.74) is 3.88. The molecule has 3 rings (SSSR count). The van der Waals surface area contributed by atoms with Crippen LogP contribution in [0.25, 0.3) is 0 Å². The summed E-state index contributed by atoms with van der Waals surface area (Å²) in [4.78, 5) is 14.9. The minimum absolute atomic E-state index is 0.132. The highest BCUT2D eigenvalue weighted by Gasteiger charge is 2.03. The van der Waals surface area contributed by atoms with Crippen LogP contribution in [0, 0.1) is 12.7 Å². The van der Waals surface area contributed by atoms with Gasteiger partial charge in [-0.1, -0.05) is 30.3 Å². The molecule has 0 saturated heterocycles. The average Bonchev–Trinajstić information content (AvgIpc) is 2.64. The summed E-state index contributed by atoms with van der Waals surface area (Å²) in [5.74, 6) is 0.560. The molecule has 0 amide bonds. The highest BCUT2D eigenvalue weighted by Crippen LogP contribution is 2.15. The Morgan fingerprint density at radius 1 is 1.27 bits per heavy atom. The lowest BCUT2D eigenvalue weighted by atomic mass is 10.2. The number of rotatable bonds is 6. The highest BCUT2D eigenvalue weighted by atomic mass is 19.1. The van der Waals surface area contributed by atoms with E-state index in [-0.39, 0.29) is 18.2 Å². The van der Waals surface area contributed by atoms with Gasteiger partial charge in [0.25, 0.3) is 0 Å². The number of halogens is 1. The van der Waals surface area contributed by atoms with E-state index in [0.29, 0.717) is 17.0 Å². The number of nitrogens with one attached hydrogen (secondary N) is 2. The SMILES string of the molecule is Cc1n[nH]c(=O)nc1NN=Cc1cccc(OCc2ccccc2F)c1. The molecule has 132 valence electrons. The molecule has 0 unspecified atom stereocenters. The second-order valence-corrected chi connectivity index (χ2v) is 5.40. The van der Waals surface area contributed by atoms with Gasteiger partial charge in [0.1, 0.15) is 23.9 Å². The van der Waals surface area contributed by atoms with Crippen molar-refractivity contribution in [3.63, 3.8) is 0 Å². The van der Waals surface area contributed by atoms with Crippen molar-refractivity contribution in [2.45, 2.75) is 13.5 Å². The van der Waals surface area contributed by atoms with E-state index in [4.69, 9.17) is 4.74 Å². The molecule has 0 saturated carbocycles. The standard InChI is InChI=1S/C18H16FN5O2/c1-12-17(21-18(25)24-22-12)23-20-10-13-5-4-7-15(9-13)26-11-14-6-2-3-8-16(14)19/h2-10H,11H2,1H3,(H2,21,23,24,25). The van der Waals surface area contributed by atoms with Crippen LogP contribution >= 0.6 is 0 Å². The van der Waals surface area contributed by atoms with E-state index < -0.39 is 5.69 Å². The first-order valence-electron chi connectivity index (χ1n) is 7.80. The molecule has 8 heteroatoms. The third-order valence-electron chi connectivity index (χ3n) is 3.47. The molecule has 0 aliphatic carbocycles. The minimum Gasteiger partial charge on any atom is -0.489 e. The van der Waals surface area contributed by atoms with Crippen molar-refractivity contribution in [2.75, 3.05) is 5.43 Å². The molecule has 1 aromatic heterocycles. The van der Waals surface area contributed by atoms with Crippen LogP contribution < -0.4 is 15.9 Å². The van der Waals surface area contributed by atoms with Gasteiger partial charge in [-0.15, -0.1) is 0 Å². The van der Waals surface area contributed by atoms with Crippen LogP contribution in [0.2, 0.25) is 0 Å². The molecule has 0 aliphatic rings. The van der Waals surface area contributed by atoms with Crippen molar-refractivity contribution < 1.29 is 9.13 Å². The van der Waals surface area contributed by atoms with Crippen LogP contribution in [0.15, 0.2) is 58.4 Å². The Morgan fingerprint density at radius 3 is 2.96 bits per heavy atom. The molecule has 0 radical (unpaired) electrons. The van der Waals surface area contributed by atoms with E-state index in [1.165, 1.54) is 6.07 Å². The summed E-state index contributed by atoms with van der Waals surface area (Å²) in [6.45, 7) is 1.82. The summed E-state index contributed by atoms with van der Waals surface area (Å²) >= 11 is 0. The van der Waals surface area contributed by atoms with Gasteiger partial charge in [-0.2, -0.15) is 15.2 Å². The largest absolute Gasteiger partial charge is 0.489 e. The van der Waals surface area contributed by atoms with Crippen molar-refractivity contribution in [1.29, 1.82) is 0 Å². The Kier molecular flexibility index (Phi) is 5.33. The number of benzene rings is 2. The fourth-order valence-electron chi connectivity index (χ4n) is 2.13. The molecule has 1 heterocycles. The van der Waals surface area contributed by atoms with Crippen molar-refractivity contribution in [3.05, 3.63) is 81.7 Å². The van der Waals surface area contributed by atoms with E-state index >= 15 is 0 Å². The summed E-state index contributed by atoms with van der Waals surface area (Å²) in [5, 5.41) is 10.1. The zero-order valence-corrected chi connectivity index (χ0v) is 13.9. The average molecular weight is 353 g/mol. The molecular formula is C18H16FN5O2. The molecule has 0 fully saturated rings. The molecule has 0 spiro atoms. The Balaban J connectivity index is 1.64. The Labute approximate surface area is 148 Å². The topological polar surface area (TPSA) is 92.3 Å². The lowest BCUT2D eigenvalue weighted by Gasteiger charge is -2.07. The third-order valence-corrected chi connectivity index (χ3v) is 3.47. The van der Waals surface area contributed by atoms with Gasteiger partial charge in [0.15, 0.2) is 5.82 Å². The minimum atomic E-state index is -0.558. The maximum atomic E-state index is 13.6. The lowest BCUT2D eigenvalue weighted by molar-refractivity contribution is 0.300. The number of aromatic amines is 1. The number of hydrogen-bond donors (Lipinski definition) is 2. The Morgan fingerprint density at radius 2 is 2.12 bits per heavy atom. The highest BCUT2D eigenvalue weighted by molar-refractivity contribution is 5.80. The number of aryl methyl sites for hydroxylation is 1. The van der Waals surface area contributed by atoms with Gasteiger partial charge < -0.3 is 4.74 Å². The van der Waals surface area contributed by atoms with Gasteiger partial charge in [0.2, 0.25) is 0 Å². The van der Waals surface area contributed by atoms with Gasteiger partial charge in [-0.05, 0) is 30.7 Å². The van der Waals surface area contributed by atoms with Crippen LogP contribution in [0.5, 0.6) is 5.75 Å². The van der Waals surface area contributed by atoms with E-state index in [9.17, 15) is 9.18 Å². The molecule has 0 aliphatic heterocycles. The molecule has 7 nitrogen and oxygen atoms in total. The normalized spacial score (nSPS) is 10.8. The zero-order chi connectivity index (χ0) is 18.4. The van der Waals surface area contributed by atoms with E-state index in [1.807, 2.05) is 6.07 Å². The number of ether oxygens (including phenoxy) is 1. The van der Waals surface area contributed by atoms with Gasteiger partial charge in [0.05, 0.1) is 6.21 Å². The molecule has 0 atom stereocenters. The van der Waals surface area contributed by atoms with Crippen molar-refractivity contribution >= 4 is 12.0 Å². The quantitative estimate of drug-likeness (QED) is 0.525. The van der Waals surface area contributed by atoms with E-state index in [0.717, 1.165) is 5.56 Å². The van der Waals surface area contributed by atoms with Crippen LogP contribution in [0.4, 0.5) is 10.2 Å². The maximum Gasteiger partial charge on any atom is 0.363 e. The fraction of sp³-hybridized carbons (Fsp3) is 0.111. The van der Waals surface area contributed by atoms with Crippen LogP contribution in [0.1, 0.15) is 16.8 Å². The van der Waals surface area contributed by atoms with Crippen LogP contribution in [0.3, 0.4) is 0 Å². The maximum absolute atomic E-state index is 13.6. The van der Waals surface area contributed by atoms with Crippen LogP contribution in [-0.2, 0) is 6.61 Å². The van der Waals surface area contributed by atoms with E-state index in [2.05, 4.69) is 25.7 Å². The predicted octanol–water partition coefficient (Wildman–Crippen LogP) is 2.64. The second kappa shape index (κ2) is 8.02. The Hall–Kier alpha value is -3.55. The molecule has 2 N–H and O–H groups in total. The molecule has 3 aromatic rings. The molecule has 0 bridgehead atoms. The Bertz CT molecular complexity index is 987. The van der Waals surface area contributed by atoms with E-state index in [1.54, 1.807) is 49.5 Å². The summed E-state index contributed by atoms with van der Waals surface area (Å²) in [6, 6.07) is 13.6. The lowest BCUT2D eigenvalue weighted by Crippen LogP contribution is -2.15. The number of anilines is 1. The number of hydrazone groups is 1. The van der Waals surface area contributed by atoms with Gasteiger partial charge >= 0.3 is 5.69 Å². The summed E-state index contributed by atoms with van der Waals surface area (Å²) in [6.07, 6.45) is 1.55. The number of nitrogens with zero attached hydrogens (tertiary/aromatic N) is 3. The molecular weight excluding hydrogens is 337 g/mol.